The number of hydrogen-bond acceptors (Lipinski definition) is 3. The van der Waals surface area contributed by atoms with Crippen LogP contribution in [0.15, 0.2) is 27.8 Å². The quantitative estimate of drug-likeness (QED) is 0.379. The van der Waals surface area contributed by atoms with E-state index < -0.39 is 0 Å². The summed E-state index contributed by atoms with van der Waals surface area (Å²) in [5, 5.41) is 12.1. The van der Waals surface area contributed by atoms with Crippen molar-refractivity contribution in [3.05, 3.63) is 28.2 Å². The Morgan fingerprint density at radius 1 is 1.16 bits per heavy atom. The second-order valence-corrected chi connectivity index (χ2v) is 5.82. The third kappa shape index (κ3) is 3.62. The first-order valence-electron chi connectivity index (χ1n) is 6.75. The molecule has 0 aromatic heterocycles. The van der Waals surface area contributed by atoms with E-state index in [0.717, 1.165) is 28.8 Å². The second-order valence-electron chi connectivity index (χ2n) is 4.90. The molecule has 1 aliphatic heterocycles. The summed E-state index contributed by atoms with van der Waals surface area (Å²) in [5.41, 5.74) is 7.64. The maximum Gasteiger partial charge on any atom is 0.172 e. The normalized spacial score (nSPS) is 17.9. The lowest BCUT2D eigenvalue weighted by Gasteiger charge is -2.28. The fourth-order valence-corrected chi connectivity index (χ4v) is 2.89. The molecule has 2 rings (SSSR count). The van der Waals surface area contributed by atoms with E-state index in [2.05, 4.69) is 26.0 Å². The summed E-state index contributed by atoms with van der Waals surface area (Å²) in [7, 11) is 0. The van der Waals surface area contributed by atoms with Crippen LogP contribution >= 0.6 is 15.9 Å². The minimum atomic E-state index is 0.165. The summed E-state index contributed by atoms with van der Waals surface area (Å²) in [5.74, 6) is 0.165. The molecule has 1 aromatic carbocycles. The zero-order chi connectivity index (χ0) is 13.7. The minimum Gasteiger partial charge on any atom is -0.409 e. The van der Waals surface area contributed by atoms with Gasteiger partial charge in [0.1, 0.15) is 0 Å². The molecular formula is C14H20BrN3O. The van der Waals surface area contributed by atoms with Crippen molar-refractivity contribution < 1.29 is 5.21 Å². The largest absolute Gasteiger partial charge is 0.409 e. The SMILES string of the molecule is N/C(=N/O)c1cc(Br)ccc1N1CCCCCCC1. The van der Waals surface area contributed by atoms with E-state index in [1.807, 2.05) is 18.2 Å². The van der Waals surface area contributed by atoms with Gasteiger partial charge in [-0.1, -0.05) is 40.3 Å². The summed E-state index contributed by atoms with van der Waals surface area (Å²) in [6, 6.07) is 5.95. The molecule has 1 saturated heterocycles. The van der Waals surface area contributed by atoms with Gasteiger partial charge in [0.05, 0.1) is 0 Å². The molecule has 3 N–H and O–H groups in total. The lowest BCUT2D eigenvalue weighted by atomic mass is 10.1. The van der Waals surface area contributed by atoms with Gasteiger partial charge in [-0.2, -0.15) is 0 Å². The van der Waals surface area contributed by atoms with Crippen molar-refractivity contribution in [3.8, 4) is 0 Å². The van der Waals surface area contributed by atoms with Gasteiger partial charge in [-0.15, -0.1) is 0 Å². The number of nitrogens with zero attached hydrogens (tertiary/aromatic N) is 2. The first-order chi connectivity index (χ1) is 9.22. The van der Waals surface area contributed by atoms with Gasteiger partial charge in [-0.05, 0) is 31.0 Å². The Kier molecular flexibility index (Phi) is 5.07. The summed E-state index contributed by atoms with van der Waals surface area (Å²) >= 11 is 3.44. The summed E-state index contributed by atoms with van der Waals surface area (Å²) in [6.45, 7) is 2.07. The Morgan fingerprint density at radius 2 is 1.79 bits per heavy atom. The van der Waals surface area contributed by atoms with Crippen molar-refractivity contribution >= 4 is 27.5 Å². The molecule has 0 amide bonds. The highest BCUT2D eigenvalue weighted by molar-refractivity contribution is 9.10. The highest BCUT2D eigenvalue weighted by Crippen LogP contribution is 2.26. The summed E-state index contributed by atoms with van der Waals surface area (Å²) < 4.78 is 0.935. The van der Waals surface area contributed by atoms with Gasteiger partial charge >= 0.3 is 0 Å². The second kappa shape index (κ2) is 6.80. The van der Waals surface area contributed by atoms with E-state index in [0.29, 0.717) is 0 Å². The highest BCUT2D eigenvalue weighted by atomic mass is 79.9. The Balaban J connectivity index is 2.31. The first kappa shape index (κ1) is 14.2. The van der Waals surface area contributed by atoms with Crippen LogP contribution in [-0.2, 0) is 0 Å². The fraction of sp³-hybridized carbons (Fsp3) is 0.500. The molecule has 0 bridgehead atoms. The Labute approximate surface area is 122 Å². The van der Waals surface area contributed by atoms with Gasteiger partial charge in [0, 0.05) is 28.8 Å². The lowest BCUT2D eigenvalue weighted by Crippen LogP contribution is -2.29. The zero-order valence-electron chi connectivity index (χ0n) is 11.0. The molecular weight excluding hydrogens is 306 g/mol. The maximum absolute atomic E-state index is 8.93. The Morgan fingerprint density at radius 3 is 2.42 bits per heavy atom. The van der Waals surface area contributed by atoms with Gasteiger partial charge in [-0.25, -0.2) is 0 Å². The van der Waals surface area contributed by atoms with E-state index in [9.17, 15) is 0 Å². The van der Waals surface area contributed by atoms with Crippen molar-refractivity contribution in [2.24, 2.45) is 10.9 Å². The van der Waals surface area contributed by atoms with Crippen LogP contribution in [0.25, 0.3) is 0 Å². The number of hydrogen-bond donors (Lipinski definition) is 2. The van der Waals surface area contributed by atoms with E-state index in [4.69, 9.17) is 10.9 Å². The molecule has 1 aliphatic rings. The van der Waals surface area contributed by atoms with Crippen molar-refractivity contribution in [3.63, 3.8) is 0 Å². The number of rotatable bonds is 2. The number of halogens is 1. The topological polar surface area (TPSA) is 61.9 Å². The highest BCUT2D eigenvalue weighted by Gasteiger charge is 2.15. The van der Waals surface area contributed by atoms with Crippen LogP contribution in [0.2, 0.25) is 0 Å². The Hall–Kier alpha value is -1.23. The van der Waals surface area contributed by atoms with Crippen LogP contribution in [0.3, 0.4) is 0 Å². The monoisotopic (exact) mass is 325 g/mol. The minimum absolute atomic E-state index is 0.165. The number of amidine groups is 1. The first-order valence-corrected chi connectivity index (χ1v) is 7.54. The summed E-state index contributed by atoms with van der Waals surface area (Å²) in [6.07, 6.45) is 6.30. The molecule has 0 spiro atoms. The molecule has 4 nitrogen and oxygen atoms in total. The number of anilines is 1. The third-order valence-electron chi connectivity index (χ3n) is 3.54. The number of nitrogens with two attached hydrogens (primary N) is 1. The maximum atomic E-state index is 8.93. The predicted molar refractivity (Wildman–Crippen MR) is 82.0 cm³/mol. The van der Waals surface area contributed by atoms with Crippen molar-refractivity contribution in [2.75, 3.05) is 18.0 Å². The molecule has 0 atom stereocenters. The van der Waals surface area contributed by atoms with Crippen LogP contribution in [0, 0.1) is 0 Å². The average molecular weight is 326 g/mol. The molecule has 0 saturated carbocycles. The Bertz CT molecular complexity index is 454. The molecule has 0 radical (unpaired) electrons. The van der Waals surface area contributed by atoms with Crippen molar-refractivity contribution in [2.45, 2.75) is 32.1 Å². The van der Waals surface area contributed by atoms with Gasteiger partial charge in [0.25, 0.3) is 0 Å². The fourth-order valence-electron chi connectivity index (χ4n) is 2.53. The molecule has 104 valence electrons. The van der Waals surface area contributed by atoms with Gasteiger partial charge < -0.3 is 15.8 Å². The molecule has 1 aromatic rings. The average Bonchev–Trinajstić information content (AvgIpc) is 2.38. The zero-order valence-corrected chi connectivity index (χ0v) is 12.6. The molecule has 0 unspecified atom stereocenters. The molecule has 5 heteroatoms. The standard InChI is InChI=1S/C14H20BrN3O/c15-11-6-7-13(12(10-11)14(16)17-19)18-8-4-2-1-3-5-9-18/h6-7,10,19H,1-5,8-9H2,(H2,16,17). The molecule has 19 heavy (non-hydrogen) atoms. The number of oxime groups is 1. The van der Waals surface area contributed by atoms with E-state index in [-0.39, 0.29) is 5.84 Å². The van der Waals surface area contributed by atoms with Gasteiger partial charge in [0.2, 0.25) is 0 Å². The smallest absolute Gasteiger partial charge is 0.172 e. The summed E-state index contributed by atoms with van der Waals surface area (Å²) in [4.78, 5) is 2.35. The van der Waals surface area contributed by atoms with Crippen molar-refractivity contribution in [1.29, 1.82) is 0 Å². The predicted octanol–water partition coefficient (Wildman–Crippen LogP) is 3.31. The third-order valence-corrected chi connectivity index (χ3v) is 4.03. The van der Waals surface area contributed by atoms with Gasteiger partial charge in [0.15, 0.2) is 5.84 Å². The van der Waals surface area contributed by atoms with Crippen LogP contribution in [0.1, 0.15) is 37.7 Å². The van der Waals surface area contributed by atoms with E-state index in [1.165, 1.54) is 32.1 Å². The molecule has 1 heterocycles. The van der Waals surface area contributed by atoms with E-state index >= 15 is 0 Å². The molecule has 0 aliphatic carbocycles. The van der Waals surface area contributed by atoms with Crippen LogP contribution in [0.5, 0.6) is 0 Å². The van der Waals surface area contributed by atoms with Gasteiger partial charge in [-0.3, -0.25) is 0 Å². The van der Waals surface area contributed by atoms with Crippen LogP contribution in [0.4, 0.5) is 5.69 Å². The van der Waals surface area contributed by atoms with Crippen LogP contribution in [-0.4, -0.2) is 24.1 Å². The number of benzene rings is 1. The molecule has 1 fully saturated rings. The van der Waals surface area contributed by atoms with Crippen molar-refractivity contribution in [1.82, 2.24) is 0 Å². The lowest BCUT2D eigenvalue weighted by molar-refractivity contribution is 0.318. The van der Waals surface area contributed by atoms with E-state index in [1.54, 1.807) is 0 Å². The van der Waals surface area contributed by atoms with Crippen LogP contribution < -0.4 is 10.6 Å².